The third-order valence-electron chi connectivity index (χ3n) is 1.64. The van der Waals surface area contributed by atoms with Crippen molar-refractivity contribution in [1.29, 1.82) is 0 Å². The first-order valence-electron chi connectivity index (χ1n) is 4.23. The average molecular weight is 154 g/mol. The van der Waals surface area contributed by atoms with E-state index in [-0.39, 0.29) is 6.10 Å². The monoisotopic (exact) mass is 154 g/mol. The maximum atomic E-state index is 9.32. The van der Waals surface area contributed by atoms with Crippen LogP contribution < -0.4 is 0 Å². The van der Waals surface area contributed by atoms with Crippen molar-refractivity contribution >= 4 is 0 Å². The molecule has 1 heteroatoms. The summed E-state index contributed by atoms with van der Waals surface area (Å²) in [7, 11) is 0. The Labute approximate surface area is 69.4 Å². The normalized spacial score (nSPS) is 15.8. The van der Waals surface area contributed by atoms with Gasteiger partial charge < -0.3 is 5.11 Å². The fourth-order valence-electron chi connectivity index (χ4n) is 0.789. The van der Waals surface area contributed by atoms with E-state index in [2.05, 4.69) is 13.0 Å². The molecule has 0 aliphatic heterocycles. The Morgan fingerprint density at radius 2 is 2.09 bits per heavy atom. The fraction of sp³-hybridized carbons (Fsp3) is 0.600. The van der Waals surface area contributed by atoms with Crippen LogP contribution in [-0.2, 0) is 0 Å². The van der Waals surface area contributed by atoms with Crippen LogP contribution in [-0.4, -0.2) is 11.2 Å². The lowest BCUT2D eigenvalue weighted by Gasteiger charge is -2.05. The molecule has 1 N–H and O–H groups in total. The molecule has 0 rings (SSSR count). The molecular weight excluding hydrogens is 136 g/mol. The largest absolute Gasteiger partial charge is 0.389 e. The third-order valence-corrected chi connectivity index (χ3v) is 1.64. The Morgan fingerprint density at radius 1 is 1.45 bits per heavy atom. The Kier molecular flexibility index (Phi) is 5.86. The number of hydrogen-bond acceptors (Lipinski definition) is 1. The van der Waals surface area contributed by atoms with Crippen LogP contribution >= 0.6 is 0 Å². The molecule has 0 radical (unpaired) electrons. The van der Waals surface area contributed by atoms with Gasteiger partial charge >= 0.3 is 0 Å². The number of aliphatic hydroxyl groups is 1. The molecule has 1 unspecified atom stereocenters. The van der Waals surface area contributed by atoms with Crippen molar-refractivity contribution in [3.8, 4) is 0 Å². The molecule has 11 heavy (non-hydrogen) atoms. The van der Waals surface area contributed by atoms with Crippen molar-refractivity contribution in [2.45, 2.75) is 39.7 Å². The Balaban J connectivity index is 3.89. The second-order valence-corrected chi connectivity index (χ2v) is 2.67. The van der Waals surface area contributed by atoms with Crippen LogP contribution in [0.5, 0.6) is 0 Å². The number of rotatable bonds is 4. The molecule has 1 atom stereocenters. The van der Waals surface area contributed by atoms with Crippen molar-refractivity contribution in [2.24, 2.45) is 0 Å². The van der Waals surface area contributed by atoms with Crippen LogP contribution in [0, 0.1) is 0 Å². The van der Waals surface area contributed by atoms with Crippen LogP contribution in [0.3, 0.4) is 0 Å². The lowest BCUT2D eigenvalue weighted by Crippen LogP contribution is -2.04. The summed E-state index contributed by atoms with van der Waals surface area (Å²) >= 11 is 0. The zero-order chi connectivity index (χ0) is 8.69. The zero-order valence-corrected chi connectivity index (χ0v) is 7.67. The molecule has 0 fully saturated rings. The average Bonchev–Trinajstić information content (AvgIpc) is 2.03. The first kappa shape index (κ1) is 10.4. The van der Waals surface area contributed by atoms with Gasteiger partial charge in [0.25, 0.3) is 0 Å². The molecule has 0 heterocycles. The first-order chi connectivity index (χ1) is 5.22. The highest BCUT2D eigenvalue weighted by molar-refractivity contribution is 5.13. The van der Waals surface area contributed by atoms with Gasteiger partial charge in [-0.05, 0) is 25.3 Å². The zero-order valence-electron chi connectivity index (χ0n) is 7.67. The van der Waals surface area contributed by atoms with E-state index >= 15 is 0 Å². The third kappa shape index (κ3) is 4.79. The maximum absolute atomic E-state index is 9.32. The molecule has 0 aromatic heterocycles. The molecule has 0 aromatic carbocycles. The summed E-state index contributed by atoms with van der Waals surface area (Å²) in [5, 5.41) is 9.32. The number of aliphatic hydroxyl groups excluding tert-OH is 1. The molecule has 0 spiro atoms. The number of hydrogen-bond donors (Lipinski definition) is 1. The second kappa shape index (κ2) is 6.17. The van der Waals surface area contributed by atoms with Gasteiger partial charge in [-0.1, -0.05) is 32.1 Å². The summed E-state index contributed by atoms with van der Waals surface area (Å²) in [6.45, 7) is 6.02. The van der Waals surface area contributed by atoms with Crippen LogP contribution in [0.1, 0.15) is 33.6 Å². The SMILES string of the molecule is CCC=CC=C(C)C(O)CC. The highest BCUT2D eigenvalue weighted by Gasteiger charge is 1.99. The molecule has 0 saturated heterocycles. The quantitative estimate of drug-likeness (QED) is 0.617. The van der Waals surface area contributed by atoms with Crippen molar-refractivity contribution in [1.82, 2.24) is 0 Å². The van der Waals surface area contributed by atoms with Gasteiger partial charge in [-0.15, -0.1) is 0 Å². The minimum Gasteiger partial charge on any atom is -0.389 e. The molecule has 0 aliphatic carbocycles. The van der Waals surface area contributed by atoms with E-state index in [0.717, 1.165) is 18.4 Å². The van der Waals surface area contributed by atoms with Gasteiger partial charge in [-0.25, -0.2) is 0 Å². The van der Waals surface area contributed by atoms with Gasteiger partial charge in [0.15, 0.2) is 0 Å². The lowest BCUT2D eigenvalue weighted by atomic mass is 10.1. The summed E-state index contributed by atoms with van der Waals surface area (Å²) in [5.74, 6) is 0. The minimum atomic E-state index is -0.267. The van der Waals surface area contributed by atoms with E-state index in [1.54, 1.807) is 0 Å². The molecule has 0 bridgehead atoms. The first-order valence-corrected chi connectivity index (χ1v) is 4.23. The fourth-order valence-corrected chi connectivity index (χ4v) is 0.789. The van der Waals surface area contributed by atoms with E-state index in [0.29, 0.717) is 0 Å². The smallest absolute Gasteiger partial charge is 0.0747 e. The van der Waals surface area contributed by atoms with E-state index in [4.69, 9.17) is 0 Å². The van der Waals surface area contributed by atoms with Crippen LogP contribution in [0.4, 0.5) is 0 Å². The second-order valence-electron chi connectivity index (χ2n) is 2.67. The molecule has 1 nitrogen and oxygen atoms in total. The van der Waals surface area contributed by atoms with Crippen molar-refractivity contribution in [2.75, 3.05) is 0 Å². The highest BCUT2D eigenvalue weighted by Crippen LogP contribution is 2.04. The van der Waals surface area contributed by atoms with Crippen LogP contribution in [0.2, 0.25) is 0 Å². The number of allylic oxidation sites excluding steroid dienone is 3. The van der Waals surface area contributed by atoms with E-state index in [1.807, 2.05) is 26.0 Å². The molecule has 0 saturated carbocycles. The predicted octanol–water partition coefficient (Wildman–Crippen LogP) is 2.67. The van der Waals surface area contributed by atoms with Crippen molar-refractivity contribution < 1.29 is 5.11 Å². The van der Waals surface area contributed by atoms with E-state index in [9.17, 15) is 5.11 Å². The highest BCUT2D eigenvalue weighted by atomic mass is 16.3. The van der Waals surface area contributed by atoms with Gasteiger partial charge in [0, 0.05) is 0 Å². The molecule has 64 valence electrons. The Morgan fingerprint density at radius 3 is 2.55 bits per heavy atom. The Hall–Kier alpha value is -0.560. The standard InChI is InChI=1S/C10H18O/c1-4-6-7-8-9(3)10(11)5-2/h6-8,10-11H,4-5H2,1-3H3. The van der Waals surface area contributed by atoms with Crippen LogP contribution in [0.15, 0.2) is 23.8 Å². The van der Waals surface area contributed by atoms with Gasteiger partial charge in [-0.2, -0.15) is 0 Å². The summed E-state index contributed by atoms with van der Waals surface area (Å²) in [6, 6.07) is 0. The summed E-state index contributed by atoms with van der Waals surface area (Å²) in [4.78, 5) is 0. The summed E-state index contributed by atoms with van der Waals surface area (Å²) < 4.78 is 0. The van der Waals surface area contributed by atoms with Gasteiger partial charge in [-0.3, -0.25) is 0 Å². The van der Waals surface area contributed by atoms with Gasteiger partial charge in [0.2, 0.25) is 0 Å². The summed E-state index contributed by atoms with van der Waals surface area (Å²) in [5.41, 5.74) is 1.04. The molecule has 0 amide bonds. The minimum absolute atomic E-state index is 0.267. The lowest BCUT2D eigenvalue weighted by molar-refractivity contribution is 0.206. The molecule has 0 aromatic rings. The van der Waals surface area contributed by atoms with Crippen molar-refractivity contribution in [3.63, 3.8) is 0 Å². The van der Waals surface area contributed by atoms with Crippen molar-refractivity contribution in [3.05, 3.63) is 23.8 Å². The maximum Gasteiger partial charge on any atom is 0.0747 e. The predicted molar refractivity (Wildman–Crippen MR) is 49.5 cm³/mol. The van der Waals surface area contributed by atoms with E-state index < -0.39 is 0 Å². The topological polar surface area (TPSA) is 20.2 Å². The molecule has 0 aliphatic rings. The summed E-state index contributed by atoms with van der Waals surface area (Å²) in [6.07, 6.45) is 7.61. The van der Waals surface area contributed by atoms with Gasteiger partial charge in [0.05, 0.1) is 6.10 Å². The van der Waals surface area contributed by atoms with Gasteiger partial charge in [0.1, 0.15) is 0 Å². The van der Waals surface area contributed by atoms with Crippen LogP contribution in [0.25, 0.3) is 0 Å². The Bertz CT molecular complexity index is 145. The molecular formula is C10H18O. The van der Waals surface area contributed by atoms with E-state index in [1.165, 1.54) is 0 Å².